The van der Waals surface area contributed by atoms with Gasteiger partial charge in [0, 0.05) is 37.9 Å². The molecule has 0 aromatic carbocycles. The number of nitrogens with zero attached hydrogens (tertiary/aromatic N) is 4. The van der Waals surface area contributed by atoms with E-state index in [0.717, 1.165) is 31.4 Å². The molecule has 1 N–H and O–H groups in total. The van der Waals surface area contributed by atoms with E-state index >= 15 is 0 Å². The molecule has 5 heteroatoms. The highest BCUT2D eigenvalue weighted by Crippen LogP contribution is 2.23. The minimum absolute atomic E-state index is 0.443. The van der Waals surface area contributed by atoms with Crippen LogP contribution in [0.1, 0.15) is 70.6 Å². The molecule has 3 aliphatic rings. The zero-order chi connectivity index (χ0) is 19.0. The molecule has 2 atom stereocenters. The highest BCUT2D eigenvalue weighted by molar-refractivity contribution is 5.43. The van der Waals surface area contributed by atoms with Crippen molar-refractivity contribution in [1.29, 1.82) is 0 Å². The minimum atomic E-state index is 0.443. The van der Waals surface area contributed by atoms with Gasteiger partial charge in [-0.15, -0.1) is 0 Å². The van der Waals surface area contributed by atoms with Gasteiger partial charge in [-0.05, 0) is 57.6 Å². The molecule has 2 unspecified atom stereocenters. The summed E-state index contributed by atoms with van der Waals surface area (Å²) in [4.78, 5) is 14.6. The third kappa shape index (κ3) is 5.47. The van der Waals surface area contributed by atoms with Crippen LogP contribution in [0, 0.1) is 0 Å². The standard InChI is InChI=1S/C23H37N5/c1-2-6-13-21(12-5-1)28-18-10-7-11-20(19-28)25-23-24-15-14-22(26-23)27-16-8-3-4-9-17-27/h5,12,14-15,20-21H,1-4,6-11,13,16-19H2,(H,24,25,26). The number of allylic oxidation sites excluding steroid dienone is 1. The first kappa shape index (κ1) is 19.7. The Bertz CT molecular complexity index is 623. The van der Waals surface area contributed by atoms with Gasteiger partial charge in [-0.2, -0.15) is 4.98 Å². The summed E-state index contributed by atoms with van der Waals surface area (Å²) in [5.41, 5.74) is 0. The topological polar surface area (TPSA) is 44.3 Å². The van der Waals surface area contributed by atoms with Crippen LogP contribution in [0.3, 0.4) is 0 Å². The number of hydrogen-bond donors (Lipinski definition) is 1. The van der Waals surface area contributed by atoms with Crippen molar-refractivity contribution in [2.45, 2.75) is 82.7 Å². The molecule has 2 saturated heterocycles. The molecular formula is C23H37N5. The van der Waals surface area contributed by atoms with Crippen LogP contribution in [0.25, 0.3) is 0 Å². The Kier molecular flexibility index (Phi) is 7.20. The van der Waals surface area contributed by atoms with Crippen LogP contribution in [-0.2, 0) is 0 Å². The molecule has 1 aliphatic carbocycles. The number of anilines is 2. The molecule has 1 aromatic rings. The molecule has 5 nitrogen and oxygen atoms in total. The second-order valence-electron chi connectivity index (χ2n) is 8.75. The summed E-state index contributed by atoms with van der Waals surface area (Å²) in [6.45, 7) is 4.58. The van der Waals surface area contributed by atoms with Gasteiger partial charge in [0.2, 0.25) is 5.95 Å². The van der Waals surface area contributed by atoms with E-state index < -0.39 is 0 Å². The van der Waals surface area contributed by atoms with Crippen molar-refractivity contribution in [3.63, 3.8) is 0 Å². The van der Waals surface area contributed by atoms with Gasteiger partial charge in [0.15, 0.2) is 0 Å². The van der Waals surface area contributed by atoms with Gasteiger partial charge < -0.3 is 10.2 Å². The maximum Gasteiger partial charge on any atom is 0.224 e. The molecule has 3 heterocycles. The maximum atomic E-state index is 4.89. The molecule has 1 aromatic heterocycles. The largest absolute Gasteiger partial charge is 0.356 e. The van der Waals surface area contributed by atoms with E-state index in [1.807, 2.05) is 6.20 Å². The first-order valence-electron chi connectivity index (χ1n) is 11.6. The Morgan fingerprint density at radius 3 is 2.61 bits per heavy atom. The van der Waals surface area contributed by atoms with E-state index in [1.54, 1.807) is 0 Å². The van der Waals surface area contributed by atoms with Crippen LogP contribution < -0.4 is 10.2 Å². The lowest BCUT2D eigenvalue weighted by molar-refractivity contribution is 0.221. The van der Waals surface area contributed by atoms with Gasteiger partial charge in [0.25, 0.3) is 0 Å². The van der Waals surface area contributed by atoms with Crippen molar-refractivity contribution in [1.82, 2.24) is 14.9 Å². The van der Waals surface area contributed by atoms with Crippen LogP contribution in [0.4, 0.5) is 11.8 Å². The van der Waals surface area contributed by atoms with E-state index in [1.165, 1.54) is 77.2 Å². The lowest BCUT2D eigenvalue weighted by atomic mass is 10.1. The van der Waals surface area contributed by atoms with E-state index in [4.69, 9.17) is 4.98 Å². The first-order chi connectivity index (χ1) is 13.9. The summed E-state index contributed by atoms with van der Waals surface area (Å²) in [5.74, 6) is 1.90. The number of rotatable bonds is 4. The molecule has 154 valence electrons. The average molecular weight is 384 g/mol. The van der Waals surface area contributed by atoms with Crippen LogP contribution in [0.5, 0.6) is 0 Å². The summed E-state index contributed by atoms with van der Waals surface area (Å²) in [7, 11) is 0. The Labute approximate surface area is 170 Å². The van der Waals surface area contributed by atoms with Crippen molar-refractivity contribution < 1.29 is 0 Å². The number of hydrogen-bond acceptors (Lipinski definition) is 5. The van der Waals surface area contributed by atoms with Crippen LogP contribution in [0.2, 0.25) is 0 Å². The molecule has 2 aliphatic heterocycles. The smallest absolute Gasteiger partial charge is 0.224 e. The Morgan fingerprint density at radius 1 is 0.893 bits per heavy atom. The van der Waals surface area contributed by atoms with Crippen molar-refractivity contribution in [2.75, 3.05) is 36.4 Å². The summed E-state index contributed by atoms with van der Waals surface area (Å²) in [5, 5.41) is 3.69. The first-order valence-corrected chi connectivity index (χ1v) is 11.6. The molecule has 4 rings (SSSR count). The molecule has 0 spiro atoms. The van der Waals surface area contributed by atoms with Gasteiger partial charge in [-0.25, -0.2) is 4.98 Å². The van der Waals surface area contributed by atoms with Gasteiger partial charge in [-0.3, -0.25) is 4.90 Å². The molecule has 0 amide bonds. The highest BCUT2D eigenvalue weighted by atomic mass is 15.2. The van der Waals surface area contributed by atoms with Crippen LogP contribution >= 0.6 is 0 Å². The fraction of sp³-hybridized carbons (Fsp3) is 0.739. The predicted octanol–water partition coefficient (Wildman–Crippen LogP) is 4.62. The average Bonchev–Trinajstić information content (AvgIpc) is 3.23. The predicted molar refractivity (Wildman–Crippen MR) is 117 cm³/mol. The Balaban J connectivity index is 1.40. The summed E-state index contributed by atoms with van der Waals surface area (Å²) < 4.78 is 0. The van der Waals surface area contributed by atoms with E-state index in [2.05, 4.69) is 38.3 Å². The second kappa shape index (κ2) is 10.2. The molecule has 0 radical (unpaired) electrons. The lowest BCUT2D eigenvalue weighted by Crippen LogP contribution is -2.41. The molecular weight excluding hydrogens is 346 g/mol. The van der Waals surface area contributed by atoms with Gasteiger partial charge in [0.05, 0.1) is 0 Å². The Morgan fingerprint density at radius 2 is 1.71 bits per heavy atom. The molecule has 0 saturated carbocycles. The zero-order valence-electron chi connectivity index (χ0n) is 17.4. The minimum Gasteiger partial charge on any atom is -0.356 e. The maximum absolute atomic E-state index is 4.89. The van der Waals surface area contributed by atoms with Crippen molar-refractivity contribution in [2.24, 2.45) is 0 Å². The van der Waals surface area contributed by atoms with Crippen LogP contribution in [0.15, 0.2) is 24.4 Å². The molecule has 2 fully saturated rings. The fourth-order valence-corrected chi connectivity index (χ4v) is 4.94. The van der Waals surface area contributed by atoms with E-state index in [9.17, 15) is 0 Å². The van der Waals surface area contributed by atoms with Crippen LogP contribution in [-0.4, -0.2) is 53.1 Å². The number of nitrogens with one attached hydrogen (secondary N) is 1. The number of likely N-dealkylation sites (tertiary alicyclic amines) is 1. The van der Waals surface area contributed by atoms with E-state index in [0.29, 0.717) is 12.1 Å². The van der Waals surface area contributed by atoms with Gasteiger partial charge in [0.1, 0.15) is 5.82 Å². The highest BCUT2D eigenvalue weighted by Gasteiger charge is 2.24. The third-order valence-electron chi connectivity index (χ3n) is 6.55. The van der Waals surface area contributed by atoms with Gasteiger partial charge in [-0.1, -0.05) is 37.8 Å². The third-order valence-corrected chi connectivity index (χ3v) is 6.55. The second-order valence-corrected chi connectivity index (χ2v) is 8.75. The number of aromatic nitrogens is 2. The zero-order valence-corrected chi connectivity index (χ0v) is 17.4. The van der Waals surface area contributed by atoms with E-state index in [-0.39, 0.29) is 0 Å². The normalized spacial score (nSPS) is 27.6. The fourth-order valence-electron chi connectivity index (χ4n) is 4.94. The summed E-state index contributed by atoms with van der Waals surface area (Å²) in [6.07, 6.45) is 21.1. The summed E-state index contributed by atoms with van der Waals surface area (Å²) in [6, 6.07) is 3.14. The van der Waals surface area contributed by atoms with Crippen molar-refractivity contribution >= 4 is 11.8 Å². The van der Waals surface area contributed by atoms with Gasteiger partial charge >= 0.3 is 0 Å². The Hall–Kier alpha value is -1.62. The molecule has 28 heavy (non-hydrogen) atoms. The van der Waals surface area contributed by atoms with Crippen molar-refractivity contribution in [3.8, 4) is 0 Å². The SMILES string of the molecule is C1=CC(N2CCCCC(Nc3nccc(N4CCCCCC4)n3)C2)CCCC1. The quantitative estimate of drug-likeness (QED) is 0.769. The molecule has 0 bridgehead atoms. The summed E-state index contributed by atoms with van der Waals surface area (Å²) >= 11 is 0. The monoisotopic (exact) mass is 383 g/mol. The van der Waals surface area contributed by atoms with Crippen molar-refractivity contribution in [3.05, 3.63) is 24.4 Å². The lowest BCUT2D eigenvalue weighted by Gasteiger charge is -2.31.